The molecule has 1 aromatic rings. The van der Waals surface area contributed by atoms with E-state index in [1.165, 1.54) is 29.4 Å². The summed E-state index contributed by atoms with van der Waals surface area (Å²) in [5.41, 5.74) is 2.60. The molecular formula is C16H30N4S. The summed E-state index contributed by atoms with van der Waals surface area (Å²) >= 11 is 2.09. The van der Waals surface area contributed by atoms with E-state index in [1.54, 1.807) is 0 Å². The van der Waals surface area contributed by atoms with Crippen molar-refractivity contribution in [3.63, 3.8) is 0 Å². The van der Waals surface area contributed by atoms with Gasteiger partial charge in [-0.3, -0.25) is 4.68 Å². The van der Waals surface area contributed by atoms with Crippen LogP contribution < -0.4 is 5.32 Å². The van der Waals surface area contributed by atoms with Crippen LogP contribution in [0.25, 0.3) is 0 Å². The van der Waals surface area contributed by atoms with Crippen LogP contribution in [0.4, 0.5) is 0 Å². The smallest absolute Gasteiger partial charge is 0.0624 e. The fourth-order valence-electron chi connectivity index (χ4n) is 3.09. The minimum atomic E-state index is 0.513. The molecule has 0 radical (unpaired) electrons. The molecule has 0 aliphatic carbocycles. The molecular weight excluding hydrogens is 280 g/mol. The molecule has 1 N–H and O–H groups in total. The molecule has 21 heavy (non-hydrogen) atoms. The van der Waals surface area contributed by atoms with Gasteiger partial charge < -0.3 is 10.2 Å². The van der Waals surface area contributed by atoms with Crippen molar-refractivity contribution in [2.45, 2.75) is 52.2 Å². The van der Waals surface area contributed by atoms with Crippen LogP contribution in [0.3, 0.4) is 0 Å². The van der Waals surface area contributed by atoms with Gasteiger partial charge in [-0.05, 0) is 33.0 Å². The van der Waals surface area contributed by atoms with Gasteiger partial charge in [-0.1, -0.05) is 13.8 Å². The third-order valence-corrected chi connectivity index (χ3v) is 5.43. The van der Waals surface area contributed by atoms with Crippen molar-refractivity contribution in [3.05, 3.63) is 17.5 Å². The first-order valence-corrected chi connectivity index (χ1v) is 9.41. The van der Waals surface area contributed by atoms with Crippen molar-refractivity contribution in [3.8, 4) is 0 Å². The van der Waals surface area contributed by atoms with E-state index in [4.69, 9.17) is 5.10 Å². The first-order valence-electron chi connectivity index (χ1n) is 8.26. The highest BCUT2D eigenvalue weighted by Gasteiger charge is 2.28. The van der Waals surface area contributed by atoms with E-state index in [2.05, 4.69) is 60.5 Å². The molecule has 5 heteroatoms. The van der Waals surface area contributed by atoms with Crippen LogP contribution in [0.5, 0.6) is 0 Å². The molecule has 0 amide bonds. The second-order valence-electron chi connectivity index (χ2n) is 5.79. The van der Waals surface area contributed by atoms with Crippen molar-refractivity contribution in [1.82, 2.24) is 20.0 Å². The molecule has 4 nitrogen and oxygen atoms in total. The Morgan fingerprint density at radius 3 is 2.86 bits per heavy atom. The van der Waals surface area contributed by atoms with Gasteiger partial charge in [-0.15, -0.1) is 0 Å². The zero-order chi connectivity index (χ0) is 15.2. The van der Waals surface area contributed by atoms with E-state index in [1.807, 2.05) is 0 Å². The topological polar surface area (TPSA) is 33.1 Å². The quantitative estimate of drug-likeness (QED) is 0.835. The van der Waals surface area contributed by atoms with Gasteiger partial charge in [0, 0.05) is 48.8 Å². The summed E-state index contributed by atoms with van der Waals surface area (Å²) in [4.78, 5) is 2.53. The molecule has 0 saturated carbocycles. The molecule has 1 aromatic heterocycles. The number of aromatic nitrogens is 2. The lowest BCUT2D eigenvalue weighted by atomic mass is 10.0. The lowest BCUT2D eigenvalue weighted by Gasteiger charge is -2.38. The molecule has 120 valence electrons. The van der Waals surface area contributed by atoms with Gasteiger partial charge in [0.25, 0.3) is 0 Å². The lowest BCUT2D eigenvalue weighted by molar-refractivity contribution is 0.213. The summed E-state index contributed by atoms with van der Waals surface area (Å²) < 4.78 is 2.18. The second-order valence-corrected chi connectivity index (χ2v) is 6.94. The van der Waals surface area contributed by atoms with Crippen LogP contribution in [0.1, 0.15) is 32.2 Å². The van der Waals surface area contributed by atoms with Crippen LogP contribution in [0, 0.1) is 0 Å². The molecule has 1 saturated heterocycles. The van der Waals surface area contributed by atoms with E-state index >= 15 is 0 Å². The number of likely N-dealkylation sites (N-methyl/N-ethyl adjacent to an activating group) is 2. The molecule has 0 bridgehead atoms. The number of aryl methyl sites for hydroxylation is 2. The predicted molar refractivity (Wildman–Crippen MR) is 92.2 cm³/mol. The average molecular weight is 311 g/mol. The Morgan fingerprint density at radius 1 is 1.43 bits per heavy atom. The Kier molecular flexibility index (Phi) is 6.58. The molecule has 2 rings (SSSR count). The summed E-state index contributed by atoms with van der Waals surface area (Å²) in [7, 11) is 2.27. The van der Waals surface area contributed by atoms with Crippen LogP contribution >= 0.6 is 11.8 Å². The first-order chi connectivity index (χ1) is 10.2. The largest absolute Gasteiger partial charge is 0.312 e. The highest BCUT2D eigenvalue weighted by molar-refractivity contribution is 7.99. The fourth-order valence-corrected chi connectivity index (χ4v) is 4.40. The Balaban J connectivity index is 2.13. The SMILES string of the molecule is CCNC(Cc1cc(CC)nn1CC)C1CSCCN1C. The minimum Gasteiger partial charge on any atom is -0.312 e. The van der Waals surface area contributed by atoms with E-state index < -0.39 is 0 Å². The normalized spacial score (nSPS) is 21.6. The van der Waals surface area contributed by atoms with E-state index in [0.717, 1.165) is 25.9 Å². The zero-order valence-electron chi connectivity index (χ0n) is 13.9. The number of rotatable bonds is 7. The van der Waals surface area contributed by atoms with Crippen LogP contribution in [0.2, 0.25) is 0 Å². The summed E-state index contributed by atoms with van der Waals surface area (Å²) in [6.07, 6.45) is 2.09. The maximum Gasteiger partial charge on any atom is 0.0624 e. The third kappa shape index (κ3) is 4.24. The summed E-state index contributed by atoms with van der Waals surface area (Å²) in [6.45, 7) is 9.76. The first kappa shape index (κ1) is 16.8. The molecule has 0 spiro atoms. The summed E-state index contributed by atoms with van der Waals surface area (Å²) in [5, 5.41) is 8.41. The number of thioether (sulfide) groups is 1. The van der Waals surface area contributed by atoms with Crippen LogP contribution in [0.15, 0.2) is 6.07 Å². The monoisotopic (exact) mass is 310 g/mol. The number of nitrogens with zero attached hydrogens (tertiary/aromatic N) is 3. The van der Waals surface area contributed by atoms with Crippen LogP contribution in [-0.2, 0) is 19.4 Å². The van der Waals surface area contributed by atoms with E-state index in [0.29, 0.717) is 12.1 Å². The van der Waals surface area contributed by atoms with E-state index in [9.17, 15) is 0 Å². The summed E-state index contributed by atoms with van der Waals surface area (Å²) in [5.74, 6) is 2.49. The third-order valence-electron chi connectivity index (χ3n) is 4.38. The van der Waals surface area contributed by atoms with Gasteiger partial charge in [-0.2, -0.15) is 16.9 Å². The Bertz CT molecular complexity index is 432. The van der Waals surface area contributed by atoms with E-state index in [-0.39, 0.29) is 0 Å². The standard InChI is InChI=1S/C16H30N4S/c1-5-13-10-14(20(7-3)18-13)11-15(17-6-2)16-12-21-9-8-19(16)4/h10,15-17H,5-9,11-12H2,1-4H3. The highest BCUT2D eigenvalue weighted by atomic mass is 32.2. The van der Waals surface area contributed by atoms with Crippen molar-refractivity contribution in [2.75, 3.05) is 31.6 Å². The van der Waals surface area contributed by atoms with Gasteiger partial charge in [0.2, 0.25) is 0 Å². The predicted octanol–water partition coefficient (Wildman–Crippen LogP) is 2.03. The van der Waals surface area contributed by atoms with Crippen molar-refractivity contribution < 1.29 is 0 Å². The van der Waals surface area contributed by atoms with Gasteiger partial charge in [-0.25, -0.2) is 0 Å². The van der Waals surface area contributed by atoms with Crippen LogP contribution in [-0.4, -0.2) is 58.4 Å². The highest BCUT2D eigenvalue weighted by Crippen LogP contribution is 2.20. The second kappa shape index (κ2) is 8.20. The van der Waals surface area contributed by atoms with Gasteiger partial charge in [0.05, 0.1) is 5.69 Å². The number of nitrogens with one attached hydrogen (secondary N) is 1. The molecule has 2 heterocycles. The Labute approximate surface area is 133 Å². The Morgan fingerprint density at radius 2 is 2.24 bits per heavy atom. The van der Waals surface area contributed by atoms with Gasteiger partial charge in [0.1, 0.15) is 0 Å². The van der Waals surface area contributed by atoms with Gasteiger partial charge in [0.15, 0.2) is 0 Å². The molecule has 2 atom stereocenters. The maximum atomic E-state index is 4.69. The minimum absolute atomic E-state index is 0.513. The molecule has 1 fully saturated rings. The molecule has 0 aromatic carbocycles. The Hall–Kier alpha value is -0.520. The zero-order valence-corrected chi connectivity index (χ0v) is 14.7. The average Bonchev–Trinajstić information content (AvgIpc) is 2.89. The number of hydrogen-bond donors (Lipinski definition) is 1. The molecule has 1 aliphatic rings. The van der Waals surface area contributed by atoms with Crippen molar-refractivity contribution in [1.29, 1.82) is 0 Å². The lowest BCUT2D eigenvalue weighted by Crippen LogP contribution is -2.53. The van der Waals surface area contributed by atoms with Crippen molar-refractivity contribution >= 4 is 11.8 Å². The molecule has 2 unspecified atom stereocenters. The van der Waals surface area contributed by atoms with Gasteiger partial charge >= 0.3 is 0 Å². The molecule has 1 aliphatic heterocycles. The summed E-state index contributed by atoms with van der Waals surface area (Å²) in [6, 6.07) is 3.43. The van der Waals surface area contributed by atoms with Crippen molar-refractivity contribution in [2.24, 2.45) is 0 Å². The maximum absolute atomic E-state index is 4.69. The number of hydrogen-bond acceptors (Lipinski definition) is 4. The fraction of sp³-hybridized carbons (Fsp3) is 0.812.